The van der Waals surface area contributed by atoms with E-state index >= 15 is 0 Å². The number of anilines is 1. The monoisotopic (exact) mass is 420 g/mol. The molecule has 0 aliphatic heterocycles. The fourth-order valence-electron chi connectivity index (χ4n) is 3.42. The zero-order valence-electron chi connectivity index (χ0n) is 16.9. The van der Waals surface area contributed by atoms with Gasteiger partial charge < -0.3 is 14.6 Å². The minimum atomic E-state index is -0.450. The van der Waals surface area contributed by atoms with Crippen molar-refractivity contribution in [3.8, 4) is 11.3 Å². The maximum Gasteiger partial charge on any atom is 0.267 e. The number of rotatable bonds is 7. The van der Waals surface area contributed by atoms with Crippen LogP contribution in [0.2, 0.25) is 0 Å². The lowest BCUT2D eigenvalue weighted by molar-refractivity contribution is -0.117. The highest BCUT2D eigenvalue weighted by molar-refractivity contribution is 6.01. The summed E-state index contributed by atoms with van der Waals surface area (Å²) in [4.78, 5) is 24.9. The predicted molar refractivity (Wildman–Crippen MR) is 116 cm³/mol. The highest BCUT2D eigenvalue weighted by atomic mass is 19.1. The van der Waals surface area contributed by atoms with Crippen molar-refractivity contribution in [1.82, 2.24) is 14.3 Å². The molecule has 0 aliphatic rings. The first-order chi connectivity index (χ1) is 15.1. The smallest absolute Gasteiger partial charge is 0.267 e. The summed E-state index contributed by atoms with van der Waals surface area (Å²) in [6.07, 6.45) is 1.93. The minimum Gasteiger partial charge on any atom is -0.383 e. The Morgan fingerprint density at radius 1 is 1.10 bits per heavy atom. The standard InChI is InChI=1S/C23H21FN4O3/c1-31-14-13-27-12-11-17-19(7-4-8-21(17)27)25-22(29)15-28-23(30)10-9-20(26-28)16-5-2-3-6-18(16)24/h2-12H,13-15H2,1H3,(H,25,29). The molecule has 0 radical (unpaired) electrons. The summed E-state index contributed by atoms with van der Waals surface area (Å²) >= 11 is 0. The lowest BCUT2D eigenvalue weighted by atomic mass is 10.1. The normalized spacial score (nSPS) is 11.0. The Morgan fingerprint density at radius 2 is 1.94 bits per heavy atom. The first kappa shape index (κ1) is 20.5. The van der Waals surface area contributed by atoms with E-state index in [-0.39, 0.29) is 17.8 Å². The third-order valence-electron chi connectivity index (χ3n) is 4.93. The van der Waals surface area contributed by atoms with Gasteiger partial charge in [0.2, 0.25) is 5.91 Å². The molecule has 0 bridgehead atoms. The topological polar surface area (TPSA) is 78.2 Å². The first-order valence-corrected chi connectivity index (χ1v) is 9.76. The van der Waals surface area contributed by atoms with Crippen LogP contribution in [-0.2, 0) is 22.6 Å². The quantitative estimate of drug-likeness (QED) is 0.498. The molecule has 0 fully saturated rings. The Hall–Kier alpha value is -3.78. The second-order valence-electron chi connectivity index (χ2n) is 6.98. The molecule has 2 aromatic carbocycles. The second kappa shape index (κ2) is 8.93. The molecule has 0 aliphatic carbocycles. The number of nitrogens with one attached hydrogen (secondary N) is 1. The van der Waals surface area contributed by atoms with Crippen LogP contribution in [0.1, 0.15) is 0 Å². The van der Waals surface area contributed by atoms with E-state index < -0.39 is 17.3 Å². The van der Waals surface area contributed by atoms with Gasteiger partial charge in [-0.05, 0) is 36.4 Å². The number of carbonyl (C=O) groups is 1. The third kappa shape index (κ3) is 4.39. The van der Waals surface area contributed by atoms with E-state index in [4.69, 9.17) is 4.74 Å². The number of hydrogen-bond acceptors (Lipinski definition) is 4. The highest BCUT2D eigenvalue weighted by Crippen LogP contribution is 2.24. The van der Waals surface area contributed by atoms with Crippen molar-refractivity contribution < 1.29 is 13.9 Å². The molecule has 2 aromatic heterocycles. The Bertz CT molecular complexity index is 1300. The molecule has 8 heteroatoms. The van der Waals surface area contributed by atoms with E-state index in [0.717, 1.165) is 15.6 Å². The van der Waals surface area contributed by atoms with Gasteiger partial charge in [0.25, 0.3) is 5.56 Å². The van der Waals surface area contributed by atoms with Gasteiger partial charge in [-0.15, -0.1) is 0 Å². The Kier molecular flexibility index (Phi) is 5.90. The molecule has 7 nitrogen and oxygen atoms in total. The van der Waals surface area contributed by atoms with Crippen molar-refractivity contribution in [3.05, 3.63) is 83.0 Å². The number of hydrogen-bond donors (Lipinski definition) is 1. The van der Waals surface area contributed by atoms with E-state index in [0.29, 0.717) is 18.8 Å². The number of aromatic nitrogens is 3. The number of methoxy groups -OCH3 is 1. The molecule has 0 saturated heterocycles. The SMILES string of the molecule is COCCn1ccc2c(NC(=O)Cn3nc(-c4ccccc4F)ccc3=O)cccc21. The van der Waals surface area contributed by atoms with Gasteiger partial charge in [-0.2, -0.15) is 5.10 Å². The van der Waals surface area contributed by atoms with E-state index in [2.05, 4.69) is 10.4 Å². The van der Waals surface area contributed by atoms with E-state index in [1.807, 2.05) is 29.0 Å². The number of benzene rings is 2. The number of nitrogens with zero attached hydrogens (tertiary/aromatic N) is 3. The molecule has 158 valence electrons. The Balaban J connectivity index is 1.56. The van der Waals surface area contributed by atoms with Crippen LogP contribution in [-0.4, -0.2) is 34.0 Å². The van der Waals surface area contributed by atoms with E-state index in [1.165, 1.54) is 18.2 Å². The zero-order chi connectivity index (χ0) is 21.8. The molecule has 31 heavy (non-hydrogen) atoms. The van der Waals surface area contributed by atoms with Crippen LogP contribution in [0.15, 0.2) is 71.7 Å². The molecular formula is C23H21FN4O3. The number of halogens is 1. The third-order valence-corrected chi connectivity index (χ3v) is 4.93. The molecule has 0 atom stereocenters. The summed E-state index contributed by atoms with van der Waals surface area (Å²) in [5.41, 5.74) is 1.70. The molecular weight excluding hydrogens is 399 g/mol. The highest BCUT2D eigenvalue weighted by Gasteiger charge is 2.12. The fourth-order valence-corrected chi connectivity index (χ4v) is 3.42. The lowest BCUT2D eigenvalue weighted by Gasteiger charge is -2.10. The van der Waals surface area contributed by atoms with Crippen molar-refractivity contribution in [2.24, 2.45) is 0 Å². The first-order valence-electron chi connectivity index (χ1n) is 9.76. The number of carbonyl (C=O) groups excluding carboxylic acids is 1. The number of ether oxygens (including phenoxy) is 1. The minimum absolute atomic E-state index is 0.263. The Labute approximate surface area is 177 Å². The van der Waals surface area contributed by atoms with E-state index in [1.54, 1.807) is 31.4 Å². The van der Waals surface area contributed by atoms with Crippen LogP contribution in [0.25, 0.3) is 22.2 Å². The van der Waals surface area contributed by atoms with Crippen molar-refractivity contribution in [1.29, 1.82) is 0 Å². The van der Waals surface area contributed by atoms with Crippen LogP contribution in [0, 0.1) is 5.82 Å². The average Bonchev–Trinajstić information content (AvgIpc) is 3.18. The van der Waals surface area contributed by atoms with Gasteiger partial charge in [-0.25, -0.2) is 9.07 Å². The van der Waals surface area contributed by atoms with Gasteiger partial charge in [-0.3, -0.25) is 9.59 Å². The molecule has 4 rings (SSSR count). The van der Waals surface area contributed by atoms with Gasteiger partial charge in [-0.1, -0.05) is 18.2 Å². The zero-order valence-corrected chi connectivity index (χ0v) is 16.9. The van der Waals surface area contributed by atoms with Crippen LogP contribution in [0.5, 0.6) is 0 Å². The number of amides is 1. The average molecular weight is 420 g/mol. The Morgan fingerprint density at radius 3 is 2.74 bits per heavy atom. The van der Waals surface area contributed by atoms with Gasteiger partial charge in [0, 0.05) is 36.9 Å². The predicted octanol–water partition coefficient (Wildman–Crippen LogP) is 3.29. The summed E-state index contributed by atoms with van der Waals surface area (Å²) in [6.45, 7) is 0.981. The molecule has 0 spiro atoms. The summed E-state index contributed by atoms with van der Waals surface area (Å²) in [5.74, 6) is -0.855. The number of fused-ring (bicyclic) bond motifs is 1. The van der Waals surface area contributed by atoms with Crippen molar-refractivity contribution in [2.45, 2.75) is 13.1 Å². The molecule has 0 unspecified atom stereocenters. The van der Waals surface area contributed by atoms with Gasteiger partial charge >= 0.3 is 0 Å². The molecule has 2 heterocycles. The van der Waals surface area contributed by atoms with Crippen LogP contribution < -0.4 is 10.9 Å². The second-order valence-corrected chi connectivity index (χ2v) is 6.98. The van der Waals surface area contributed by atoms with Crippen LogP contribution in [0.3, 0.4) is 0 Å². The fraction of sp³-hybridized carbons (Fsp3) is 0.174. The van der Waals surface area contributed by atoms with Crippen molar-refractivity contribution >= 4 is 22.5 Å². The van der Waals surface area contributed by atoms with Crippen LogP contribution >= 0.6 is 0 Å². The van der Waals surface area contributed by atoms with E-state index in [9.17, 15) is 14.0 Å². The molecule has 1 amide bonds. The summed E-state index contributed by atoms with van der Waals surface area (Å²) in [5, 5.41) is 7.90. The van der Waals surface area contributed by atoms with Crippen LogP contribution in [0.4, 0.5) is 10.1 Å². The van der Waals surface area contributed by atoms with Gasteiger partial charge in [0.05, 0.1) is 23.5 Å². The summed E-state index contributed by atoms with van der Waals surface area (Å²) in [6, 6.07) is 16.4. The molecule has 1 N–H and O–H groups in total. The van der Waals surface area contributed by atoms with Gasteiger partial charge in [0.15, 0.2) is 0 Å². The summed E-state index contributed by atoms with van der Waals surface area (Å²) < 4.78 is 22.3. The molecule has 0 saturated carbocycles. The maximum atomic E-state index is 14.1. The van der Waals surface area contributed by atoms with Crippen molar-refractivity contribution in [3.63, 3.8) is 0 Å². The largest absolute Gasteiger partial charge is 0.383 e. The van der Waals surface area contributed by atoms with Crippen molar-refractivity contribution in [2.75, 3.05) is 19.0 Å². The summed E-state index contributed by atoms with van der Waals surface area (Å²) in [7, 11) is 1.65. The maximum absolute atomic E-state index is 14.1. The molecule has 4 aromatic rings. The lowest BCUT2D eigenvalue weighted by Crippen LogP contribution is -2.29. The van der Waals surface area contributed by atoms with Gasteiger partial charge in [0.1, 0.15) is 12.4 Å².